The number of guanidine groups is 1. The second-order valence-electron chi connectivity index (χ2n) is 6.69. The number of nitrogens with one attached hydrogen (secondary N) is 2. The van der Waals surface area contributed by atoms with E-state index in [-0.39, 0.29) is 29.5 Å². The van der Waals surface area contributed by atoms with Crippen molar-refractivity contribution in [3.8, 4) is 11.5 Å². The minimum atomic E-state index is 0. The van der Waals surface area contributed by atoms with Gasteiger partial charge < -0.3 is 29.7 Å². The van der Waals surface area contributed by atoms with Gasteiger partial charge in [0.15, 0.2) is 5.96 Å². The molecule has 1 aliphatic heterocycles. The number of aliphatic imine (C=N–C) groups is 1. The number of halogens is 1. The van der Waals surface area contributed by atoms with Crippen molar-refractivity contribution in [2.45, 2.75) is 24.9 Å². The van der Waals surface area contributed by atoms with Crippen LogP contribution in [0.5, 0.6) is 11.5 Å². The summed E-state index contributed by atoms with van der Waals surface area (Å²) < 4.78 is 16.2. The van der Waals surface area contributed by atoms with E-state index in [1.807, 2.05) is 18.2 Å². The first-order valence-electron chi connectivity index (χ1n) is 8.95. The number of methoxy groups -OCH3 is 2. The molecular weight excluding hydrogens is 459 g/mol. The molecular formula is C19H33IN4O3. The van der Waals surface area contributed by atoms with Crippen LogP contribution in [0.15, 0.2) is 23.2 Å². The largest absolute Gasteiger partial charge is 0.497 e. The predicted molar refractivity (Wildman–Crippen MR) is 120 cm³/mol. The zero-order valence-electron chi connectivity index (χ0n) is 17.0. The molecule has 27 heavy (non-hydrogen) atoms. The van der Waals surface area contributed by atoms with Crippen LogP contribution in [-0.2, 0) is 11.3 Å². The molecule has 1 aromatic rings. The van der Waals surface area contributed by atoms with Gasteiger partial charge in [0.1, 0.15) is 11.5 Å². The standard InChI is InChI=1S/C19H32N4O3.HI/c1-20-18(22-14-19(23(2)3)8-10-26-11-9-19)21-13-15-6-7-16(24-4)12-17(15)25-5;/h6-7,12H,8-11,13-14H2,1-5H3,(H2,20,21,22);1H. The van der Waals surface area contributed by atoms with Crippen LogP contribution < -0.4 is 20.1 Å². The summed E-state index contributed by atoms with van der Waals surface area (Å²) in [6, 6.07) is 5.81. The first-order valence-corrected chi connectivity index (χ1v) is 8.95. The van der Waals surface area contributed by atoms with E-state index in [2.05, 4.69) is 34.6 Å². The number of likely N-dealkylation sites (N-methyl/N-ethyl adjacent to an activating group) is 1. The lowest BCUT2D eigenvalue weighted by atomic mass is 9.88. The highest BCUT2D eigenvalue weighted by Crippen LogP contribution is 2.25. The Hall–Kier alpha value is -1.26. The third kappa shape index (κ3) is 6.39. The van der Waals surface area contributed by atoms with Crippen molar-refractivity contribution in [1.82, 2.24) is 15.5 Å². The molecule has 0 aromatic heterocycles. The minimum absolute atomic E-state index is 0. The first kappa shape index (κ1) is 23.8. The number of rotatable bonds is 7. The quantitative estimate of drug-likeness (QED) is 0.346. The first-order chi connectivity index (χ1) is 12.5. The number of hydrogen-bond donors (Lipinski definition) is 2. The van der Waals surface area contributed by atoms with Gasteiger partial charge >= 0.3 is 0 Å². The number of nitrogens with zero attached hydrogens (tertiary/aromatic N) is 2. The summed E-state index contributed by atoms with van der Waals surface area (Å²) in [6.07, 6.45) is 2.02. The van der Waals surface area contributed by atoms with Gasteiger partial charge in [-0.1, -0.05) is 0 Å². The van der Waals surface area contributed by atoms with Gasteiger partial charge in [-0.25, -0.2) is 0 Å². The van der Waals surface area contributed by atoms with Crippen molar-refractivity contribution < 1.29 is 14.2 Å². The molecule has 0 spiro atoms. The summed E-state index contributed by atoms with van der Waals surface area (Å²) in [5, 5.41) is 6.83. The molecule has 7 nitrogen and oxygen atoms in total. The Labute approximate surface area is 179 Å². The molecule has 1 aliphatic rings. The highest BCUT2D eigenvalue weighted by Gasteiger charge is 2.34. The Morgan fingerprint density at radius 3 is 2.44 bits per heavy atom. The molecule has 1 heterocycles. The van der Waals surface area contributed by atoms with Crippen LogP contribution in [0.1, 0.15) is 18.4 Å². The lowest BCUT2D eigenvalue weighted by Gasteiger charge is -2.43. The van der Waals surface area contributed by atoms with Crippen LogP contribution in [0.25, 0.3) is 0 Å². The van der Waals surface area contributed by atoms with Crippen LogP contribution >= 0.6 is 24.0 Å². The fourth-order valence-corrected chi connectivity index (χ4v) is 3.18. The normalized spacial score (nSPS) is 16.4. The van der Waals surface area contributed by atoms with E-state index in [1.165, 1.54) is 0 Å². The molecule has 1 fully saturated rings. The van der Waals surface area contributed by atoms with E-state index in [0.29, 0.717) is 6.54 Å². The lowest BCUT2D eigenvalue weighted by Crippen LogP contribution is -2.57. The second-order valence-corrected chi connectivity index (χ2v) is 6.69. The molecule has 0 atom stereocenters. The molecule has 1 aromatic carbocycles. The molecule has 8 heteroatoms. The molecule has 0 radical (unpaired) electrons. The molecule has 0 saturated carbocycles. The summed E-state index contributed by atoms with van der Waals surface area (Å²) >= 11 is 0. The summed E-state index contributed by atoms with van der Waals surface area (Å²) in [5.74, 6) is 2.35. The molecule has 2 N–H and O–H groups in total. The molecule has 0 bridgehead atoms. The maximum atomic E-state index is 5.53. The Morgan fingerprint density at radius 1 is 1.19 bits per heavy atom. The van der Waals surface area contributed by atoms with Crippen LogP contribution in [0.2, 0.25) is 0 Å². The lowest BCUT2D eigenvalue weighted by molar-refractivity contribution is -0.00501. The van der Waals surface area contributed by atoms with Crippen LogP contribution in [0.3, 0.4) is 0 Å². The molecule has 0 unspecified atom stereocenters. The predicted octanol–water partition coefficient (Wildman–Crippen LogP) is 2.10. The highest BCUT2D eigenvalue weighted by atomic mass is 127. The molecule has 0 amide bonds. The maximum Gasteiger partial charge on any atom is 0.191 e. The third-order valence-corrected chi connectivity index (χ3v) is 5.12. The van der Waals surface area contributed by atoms with Crippen molar-refractivity contribution >= 4 is 29.9 Å². The van der Waals surface area contributed by atoms with E-state index in [9.17, 15) is 0 Å². The van der Waals surface area contributed by atoms with Gasteiger partial charge in [-0.15, -0.1) is 24.0 Å². The third-order valence-electron chi connectivity index (χ3n) is 5.12. The van der Waals surface area contributed by atoms with Crippen LogP contribution in [0, 0.1) is 0 Å². The summed E-state index contributed by atoms with van der Waals surface area (Å²) in [5.41, 5.74) is 1.14. The second kappa shape index (κ2) is 11.6. The Morgan fingerprint density at radius 2 is 1.89 bits per heavy atom. The SMILES string of the molecule is CN=C(NCc1ccc(OC)cc1OC)NCC1(N(C)C)CCOCC1.I. The van der Waals surface area contributed by atoms with Crippen molar-refractivity contribution in [1.29, 1.82) is 0 Å². The summed E-state index contributed by atoms with van der Waals surface area (Å²) in [4.78, 5) is 6.64. The topological polar surface area (TPSA) is 67.4 Å². The van der Waals surface area contributed by atoms with E-state index in [0.717, 1.165) is 55.6 Å². The molecule has 0 aliphatic carbocycles. The Bertz CT molecular complexity index is 605. The fraction of sp³-hybridized carbons (Fsp3) is 0.632. The number of ether oxygens (including phenoxy) is 3. The molecule has 2 rings (SSSR count). The zero-order valence-corrected chi connectivity index (χ0v) is 19.3. The van der Waals surface area contributed by atoms with Gasteiger partial charge in [-0.05, 0) is 39.1 Å². The molecule has 1 saturated heterocycles. The summed E-state index contributed by atoms with van der Waals surface area (Å²) in [6.45, 7) is 3.04. The molecule has 154 valence electrons. The minimum Gasteiger partial charge on any atom is -0.497 e. The Kier molecular flexibility index (Phi) is 10.2. The highest BCUT2D eigenvalue weighted by molar-refractivity contribution is 14.0. The average molecular weight is 492 g/mol. The smallest absolute Gasteiger partial charge is 0.191 e. The van der Waals surface area contributed by atoms with Gasteiger partial charge in [0, 0.05) is 50.5 Å². The monoisotopic (exact) mass is 492 g/mol. The fourth-order valence-electron chi connectivity index (χ4n) is 3.18. The van der Waals surface area contributed by atoms with Gasteiger partial charge in [0.05, 0.1) is 14.2 Å². The van der Waals surface area contributed by atoms with E-state index in [1.54, 1.807) is 21.3 Å². The number of hydrogen-bond acceptors (Lipinski definition) is 5. The van der Waals surface area contributed by atoms with Crippen molar-refractivity contribution in [2.24, 2.45) is 4.99 Å². The Balaban J connectivity index is 0.00000364. The maximum absolute atomic E-state index is 5.53. The number of benzene rings is 1. The zero-order chi connectivity index (χ0) is 19.0. The van der Waals surface area contributed by atoms with Gasteiger partial charge in [-0.3, -0.25) is 4.99 Å². The van der Waals surface area contributed by atoms with E-state index < -0.39 is 0 Å². The summed E-state index contributed by atoms with van der Waals surface area (Å²) in [7, 11) is 9.36. The average Bonchev–Trinajstić information content (AvgIpc) is 2.68. The van der Waals surface area contributed by atoms with Gasteiger partial charge in [0.2, 0.25) is 0 Å². The van der Waals surface area contributed by atoms with Crippen LogP contribution in [-0.4, -0.2) is 71.5 Å². The van der Waals surface area contributed by atoms with Crippen molar-refractivity contribution in [3.63, 3.8) is 0 Å². The van der Waals surface area contributed by atoms with E-state index >= 15 is 0 Å². The van der Waals surface area contributed by atoms with Crippen LogP contribution in [0.4, 0.5) is 0 Å². The van der Waals surface area contributed by atoms with Gasteiger partial charge in [0.25, 0.3) is 0 Å². The van der Waals surface area contributed by atoms with E-state index in [4.69, 9.17) is 14.2 Å². The van der Waals surface area contributed by atoms with Crippen molar-refractivity contribution in [2.75, 3.05) is 55.1 Å². The van der Waals surface area contributed by atoms with Crippen molar-refractivity contribution in [3.05, 3.63) is 23.8 Å². The van der Waals surface area contributed by atoms with Gasteiger partial charge in [-0.2, -0.15) is 0 Å².